The van der Waals surface area contributed by atoms with E-state index in [0.717, 1.165) is 19.3 Å². The molecule has 0 radical (unpaired) electrons. The predicted molar refractivity (Wildman–Crippen MR) is 46.7 cm³/mol. The lowest BCUT2D eigenvalue weighted by Crippen LogP contribution is -2.08. The van der Waals surface area contributed by atoms with Gasteiger partial charge in [0.25, 0.3) is 0 Å². The summed E-state index contributed by atoms with van der Waals surface area (Å²) >= 11 is 0. The molecular weight excluding hydrogens is 120 g/mol. The van der Waals surface area contributed by atoms with Gasteiger partial charge in [-0.15, -0.1) is 18.9 Å². The summed E-state index contributed by atoms with van der Waals surface area (Å²) in [5.74, 6) is 2.65. The third kappa shape index (κ3) is 4.21. The van der Waals surface area contributed by atoms with E-state index in [1.807, 2.05) is 6.08 Å². The van der Waals surface area contributed by atoms with E-state index >= 15 is 0 Å². The molecule has 0 aromatic heterocycles. The van der Waals surface area contributed by atoms with Crippen LogP contribution in [0.5, 0.6) is 0 Å². The van der Waals surface area contributed by atoms with E-state index in [9.17, 15) is 0 Å². The van der Waals surface area contributed by atoms with Crippen LogP contribution in [0.4, 0.5) is 0 Å². The fraction of sp³-hybridized carbons (Fsp3) is 0.600. The molecule has 0 nitrogen and oxygen atoms in total. The smallest absolute Gasteiger partial charge is 0.00912 e. The number of terminal acetylenes is 1. The normalized spacial score (nSPS) is 10.5. The minimum Gasteiger partial charge on any atom is -0.120 e. The highest BCUT2D eigenvalue weighted by atomic mass is 14.2. The average Bonchev–Trinajstić information content (AvgIpc) is 1.84. The molecule has 0 bridgehead atoms. The van der Waals surface area contributed by atoms with E-state index in [1.165, 1.54) is 0 Å². The molecule has 0 fully saturated rings. The van der Waals surface area contributed by atoms with Gasteiger partial charge in [0.15, 0.2) is 0 Å². The van der Waals surface area contributed by atoms with E-state index in [-0.39, 0.29) is 0 Å². The van der Waals surface area contributed by atoms with E-state index in [1.54, 1.807) is 0 Å². The Balaban J connectivity index is 3.64. The van der Waals surface area contributed by atoms with E-state index in [2.05, 4.69) is 26.3 Å². The van der Waals surface area contributed by atoms with Crippen LogP contribution in [0.3, 0.4) is 0 Å². The minimum absolute atomic E-state index is 0.341. The summed E-state index contributed by atoms with van der Waals surface area (Å²) in [7, 11) is 0. The molecule has 0 heterocycles. The Bertz CT molecular complexity index is 135. The molecule has 0 N–H and O–H groups in total. The molecule has 0 unspecified atom stereocenters. The van der Waals surface area contributed by atoms with Gasteiger partial charge < -0.3 is 0 Å². The summed E-state index contributed by atoms with van der Waals surface area (Å²) in [5, 5.41) is 0. The fourth-order valence-electron chi connectivity index (χ4n) is 0.903. The third-order valence-corrected chi connectivity index (χ3v) is 1.64. The molecule has 10 heavy (non-hydrogen) atoms. The first-order chi connectivity index (χ1) is 4.62. The van der Waals surface area contributed by atoms with Crippen molar-refractivity contribution in [3.63, 3.8) is 0 Å². The largest absolute Gasteiger partial charge is 0.120 e. The summed E-state index contributed by atoms with van der Waals surface area (Å²) in [6.45, 7) is 8.13. The Morgan fingerprint density at radius 2 is 2.20 bits per heavy atom. The lowest BCUT2D eigenvalue weighted by atomic mass is 9.85. The molecule has 0 heteroatoms. The Morgan fingerprint density at radius 3 is 2.60 bits per heavy atom. The van der Waals surface area contributed by atoms with Crippen molar-refractivity contribution in [2.45, 2.75) is 33.1 Å². The van der Waals surface area contributed by atoms with Crippen molar-refractivity contribution >= 4 is 0 Å². The SMILES string of the molecule is C#CCCC(C)(C)CC=C. The zero-order valence-electron chi connectivity index (χ0n) is 6.98. The Labute approximate surface area is 64.3 Å². The van der Waals surface area contributed by atoms with Crippen molar-refractivity contribution in [1.29, 1.82) is 0 Å². The zero-order chi connectivity index (χ0) is 8.04. The minimum atomic E-state index is 0.341. The molecule has 0 rings (SSSR count). The van der Waals surface area contributed by atoms with E-state index in [0.29, 0.717) is 5.41 Å². The third-order valence-electron chi connectivity index (χ3n) is 1.64. The van der Waals surface area contributed by atoms with Crippen LogP contribution in [0.25, 0.3) is 0 Å². The fourth-order valence-corrected chi connectivity index (χ4v) is 0.903. The van der Waals surface area contributed by atoms with Gasteiger partial charge in [-0.05, 0) is 18.3 Å². The monoisotopic (exact) mass is 136 g/mol. The number of hydrogen-bond donors (Lipinski definition) is 0. The van der Waals surface area contributed by atoms with Crippen molar-refractivity contribution in [2.75, 3.05) is 0 Å². The molecule has 0 aliphatic heterocycles. The van der Waals surface area contributed by atoms with Crippen molar-refractivity contribution in [3.05, 3.63) is 12.7 Å². The van der Waals surface area contributed by atoms with Gasteiger partial charge in [-0.25, -0.2) is 0 Å². The summed E-state index contributed by atoms with van der Waals surface area (Å²) < 4.78 is 0. The maximum absolute atomic E-state index is 5.16. The summed E-state index contributed by atoms with van der Waals surface area (Å²) in [5.41, 5.74) is 0.341. The molecule has 0 aromatic rings. The Kier molecular flexibility index (Phi) is 3.88. The number of rotatable bonds is 4. The summed E-state index contributed by atoms with van der Waals surface area (Å²) in [6, 6.07) is 0. The molecule has 0 aliphatic rings. The van der Waals surface area contributed by atoms with Crippen LogP contribution in [-0.4, -0.2) is 0 Å². The van der Waals surface area contributed by atoms with E-state index < -0.39 is 0 Å². The molecule has 0 amide bonds. The maximum Gasteiger partial charge on any atom is 0.00912 e. The predicted octanol–water partition coefficient (Wildman–Crippen LogP) is 3.00. The number of allylic oxidation sites excluding steroid dienone is 1. The van der Waals surface area contributed by atoms with Gasteiger partial charge in [-0.3, -0.25) is 0 Å². The van der Waals surface area contributed by atoms with Crippen molar-refractivity contribution < 1.29 is 0 Å². The maximum atomic E-state index is 5.16. The van der Waals surface area contributed by atoms with Crippen LogP contribution in [0.1, 0.15) is 33.1 Å². The molecule has 0 aliphatic carbocycles. The van der Waals surface area contributed by atoms with Crippen LogP contribution >= 0.6 is 0 Å². The van der Waals surface area contributed by atoms with Gasteiger partial charge in [0.2, 0.25) is 0 Å². The first-order valence-corrected chi connectivity index (χ1v) is 3.67. The van der Waals surface area contributed by atoms with Crippen LogP contribution in [0.15, 0.2) is 12.7 Å². The van der Waals surface area contributed by atoms with Crippen LogP contribution < -0.4 is 0 Å². The molecule has 0 saturated carbocycles. The highest BCUT2D eigenvalue weighted by Gasteiger charge is 2.13. The van der Waals surface area contributed by atoms with Gasteiger partial charge in [0, 0.05) is 6.42 Å². The van der Waals surface area contributed by atoms with Crippen LogP contribution in [0.2, 0.25) is 0 Å². The van der Waals surface area contributed by atoms with E-state index in [4.69, 9.17) is 6.42 Å². The second kappa shape index (κ2) is 4.17. The van der Waals surface area contributed by atoms with Crippen molar-refractivity contribution in [2.24, 2.45) is 5.41 Å². The molecule has 0 spiro atoms. The molecular formula is C10H16. The average molecular weight is 136 g/mol. The van der Waals surface area contributed by atoms with Crippen molar-refractivity contribution in [3.8, 4) is 12.3 Å². The van der Waals surface area contributed by atoms with Crippen LogP contribution in [0, 0.1) is 17.8 Å². The quantitative estimate of drug-likeness (QED) is 0.411. The first kappa shape index (κ1) is 9.30. The standard InChI is InChI=1S/C10H16/c1-5-7-9-10(3,4)8-6-2/h1,6H,2,7-9H2,3-4H3. The Morgan fingerprint density at radius 1 is 1.60 bits per heavy atom. The number of hydrogen-bond acceptors (Lipinski definition) is 0. The second-order valence-electron chi connectivity index (χ2n) is 3.36. The van der Waals surface area contributed by atoms with Crippen LogP contribution in [-0.2, 0) is 0 Å². The van der Waals surface area contributed by atoms with Gasteiger partial charge >= 0.3 is 0 Å². The molecule has 56 valence electrons. The highest BCUT2D eigenvalue weighted by Crippen LogP contribution is 2.26. The zero-order valence-corrected chi connectivity index (χ0v) is 6.98. The lowest BCUT2D eigenvalue weighted by molar-refractivity contribution is 0.345. The highest BCUT2D eigenvalue weighted by molar-refractivity contribution is 4.88. The first-order valence-electron chi connectivity index (χ1n) is 3.67. The van der Waals surface area contributed by atoms with Gasteiger partial charge in [-0.2, -0.15) is 0 Å². The van der Waals surface area contributed by atoms with Gasteiger partial charge in [0.1, 0.15) is 0 Å². The van der Waals surface area contributed by atoms with Gasteiger partial charge in [-0.1, -0.05) is 19.9 Å². The second-order valence-corrected chi connectivity index (χ2v) is 3.36. The molecule has 0 saturated heterocycles. The summed E-state index contributed by atoms with van der Waals surface area (Å²) in [6.07, 6.45) is 10.1. The van der Waals surface area contributed by atoms with Crippen molar-refractivity contribution in [1.82, 2.24) is 0 Å². The van der Waals surface area contributed by atoms with Gasteiger partial charge in [0.05, 0.1) is 0 Å². The molecule has 0 atom stereocenters. The molecule has 0 aromatic carbocycles. The Hall–Kier alpha value is -0.700. The summed E-state index contributed by atoms with van der Waals surface area (Å²) in [4.78, 5) is 0. The topological polar surface area (TPSA) is 0 Å². The lowest BCUT2D eigenvalue weighted by Gasteiger charge is -2.20.